The third-order valence-corrected chi connectivity index (χ3v) is 6.77. The molecular formula is C34H59NO5. The number of carbonyl (C=O) groups excluding carboxylic acids is 2. The Bertz CT molecular complexity index is 713. The summed E-state index contributed by atoms with van der Waals surface area (Å²) in [5.41, 5.74) is 0. The van der Waals surface area contributed by atoms with Gasteiger partial charge in [0, 0.05) is 12.8 Å². The number of ether oxygens (including phenoxy) is 1. The van der Waals surface area contributed by atoms with E-state index in [4.69, 9.17) is 9.84 Å². The molecule has 0 aromatic carbocycles. The van der Waals surface area contributed by atoms with E-state index in [0.717, 1.165) is 83.5 Å². The predicted octanol–water partition coefficient (Wildman–Crippen LogP) is 9.00. The van der Waals surface area contributed by atoms with Crippen molar-refractivity contribution in [3.63, 3.8) is 0 Å². The van der Waals surface area contributed by atoms with Crippen molar-refractivity contribution in [2.75, 3.05) is 6.54 Å². The molecule has 1 atom stereocenters. The number of carboxylic acid groups (broad SMARTS) is 1. The summed E-state index contributed by atoms with van der Waals surface area (Å²) in [4.78, 5) is 34.5. The van der Waals surface area contributed by atoms with Gasteiger partial charge in [-0.3, -0.25) is 14.4 Å². The van der Waals surface area contributed by atoms with Gasteiger partial charge in [0.1, 0.15) is 12.6 Å². The summed E-state index contributed by atoms with van der Waals surface area (Å²) < 4.78 is 5.79. The normalized spacial score (nSPS) is 12.4. The summed E-state index contributed by atoms with van der Waals surface area (Å²) in [5, 5.41) is 11.0. The molecule has 0 saturated heterocycles. The number of carboxylic acids is 1. The fraction of sp³-hybridized carbons (Fsp3) is 0.735. The van der Waals surface area contributed by atoms with Gasteiger partial charge in [-0.25, -0.2) is 0 Å². The van der Waals surface area contributed by atoms with E-state index in [9.17, 15) is 14.4 Å². The zero-order valence-corrected chi connectivity index (χ0v) is 25.7. The van der Waals surface area contributed by atoms with E-state index in [1.807, 2.05) is 6.08 Å². The fourth-order valence-electron chi connectivity index (χ4n) is 4.32. The molecule has 1 amide bonds. The molecule has 40 heavy (non-hydrogen) atoms. The lowest BCUT2D eigenvalue weighted by Crippen LogP contribution is -2.28. The van der Waals surface area contributed by atoms with Crippen molar-refractivity contribution in [1.29, 1.82) is 0 Å². The number of hydrogen-bond donors (Lipinski definition) is 2. The van der Waals surface area contributed by atoms with Crippen LogP contribution in [0.1, 0.15) is 149 Å². The number of allylic oxidation sites excluding steroid dienone is 5. The number of aliphatic carboxylic acids is 1. The lowest BCUT2D eigenvalue weighted by Gasteiger charge is -2.15. The van der Waals surface area contributed by atoms with Gasteiger partial charge in [0.05, 0.1) is 0 Å². The second kappa shape index (κ2) is 29.6. The van der Waals surface area contributed by atoms with Gasteiger partial charge < -0.3 is 15.2 Å². The lowest BCUT2D eigenvalue weighted by atomic mass is 10.1. The maximum atomic E-state index is 12.4. The minimum Gasteiger partial charge on any atom is -0.480 e. The van der Waals surface area contributed by atoms with Crippen molar-refractivity contribution in [2.24, 2.45) is 0 Å². The van der Waals surface area contributed by atoms with Crippen LogP contribution in [0.4, 0.5) is 0 Å². The minimum atomic E-state index is -1.03. The Hall–Kier alpha value is -2.37. The number of hydrogen-bond acceptors (Lipinski definition) is 4. The molecule has 0 aliphatic rings. The highest BCUT2D eigenvalue weighted by Crippen LogP contribution is 2.14. The Morgan fingerprint density at radius 2 is 1.25 bits per heavy atom. The fourth-order valence-corrected chi connectivity index (χ4v) is 4.32. The van der Waals surface area contributed by atoms with E-state index < -0.39 is 5.97 Å². The van der Waals surface area contributed by atoms with E-state index in [1.165, 1.54) is 38.5 Å². The molecule has 0 aliphatic carbocycles. The Balaban J connectivity index is 3.99. The van der Waals surface area contributed by atoms with Crippen molar-refractivity contribution in [3.05, 3.63) is 36.5 Å². The maximum absolute atomic E-state index is 12.4. The smallest absolute Gasteiger partial charge is 0.322 e. The SMILES string of the molecule is CCCC/C=C\C(CCCCCCC(=O)NCC(=O)O)OC(=O)CCCCCCC/C=C\C/C=C\CCCCC. The third kappa shape index (κ3) is 28.6. The van der Waals surface area contributed by atoms with Gasteiger partial charge in [-0.2, -0.15) is 0 Å². The average molecular weight is 562 g/mol. The molecule has 0 aliphatic heterocycles. The number of rotatable bonds is 28. The predicted molar refractivity (Wildman–Crippen MR) is 166 cm³/mol. The topological polar surface area (TPSA) is 92.7 Å². The van der Waals surface area contributed by atoms with Gasteiger partial charge >= 0.3 is 11.9 Å². The van der Waals surface area contributed by atoms with Crippen LogP contribution in [-0.2, 0) is 19.1 Å². The van der Waals surface area contributed by atoms with Crippen LogP contribution in [0.5, 0.6) is 0 Å². The first-order chi connectivity index (χ1) is 19.5. The molecule has 0 spiro atoms. The van der Waals surface area contributed by atoms with Crippen molar-refractivity contribution < 1.29 is 24.2 Å². The minimum absolute atomic E-state index is 0.106. The molecule has 230 valence electrons. The molecule has 6 heteroatoms. The van der Waals surface area contributed by atoms with Crippen molar-refractivity contribution in [3.8, 4) is 0 Å². The molecule has 0 aromatic rings. The summed E-state index contributed by atoms with van der Waals surface area (Å²) >= 11 is 0. The molecule has 0 radical (unpaired) electrons. The average Bonchev–Trinajstić information content (AvgIpc) is 2.93. The van der Waals surface area contributed by atoms with E-state index >= 15 is 0 Å². The summed E-state index contributed by atoms with van der Waals surface area (Å²) in [5.74, 6) is -1.36. The highest BCUT2D eigenvalue weighted by Gasteiger charge is 2.11. The van der Waals surface area contributed by atoms with Crippen LogP contribution in [0.15, 0.2) is 36.5 Å². The van der Waals surface area contributed by atoms with Gasteiger partial charge in [-0.05, 0) is 70.3 Å². The van der Waals surface area contributed by atoms with E-state index in [-0.39, 0.29) is 24.5 Å². The molecule has 0 rings (SSSR count). The van der Waals surface area contributed by atoms with Crippen LogP contribution in [0.25, 0.3) is 0 Å². The molecule has 0 heterocycles. The van der Waals surface area contributed by atoms with E-state index in [1.54, 1.807) is 0 Å². The van der Waals surface area contributed by atoms with E-state index in [0.29, 0.717) is 12.8 Å². The monoisotopic (exact) mass is 561 g/mol. The van der Waals surface area contributed by atoms with Crippen molar-refractivity contribution in [1.82, 2.24) is 5.32 Å². The van der Waals surface area contributed by atoms with Crippen LogP contribution < -0.4 is 5.32 Å². The zero-order valence-electron chi connectivity index (χ0n) is 25.7. The van der Waals surface area contributed by atoms with Crippen molar-refractivity contribution >= 4 is 17.8 Å². The highest BCUT2D eigenvalue weighted by molar-refractivity contribution is 5.80. The second-order valence-electron chi connectivity index (χ2n) is 10.7. The first-order valence-electron chi connectivity index (χ1n) is 16.1. The van der Waals surface area contributed by atoms with Gasteiger partial charge in [-0.1, -0.05) is 102 Å². The van der Waals surface area contributed by atoms with Crippen LogP contribution >= 0.6 is 0 Å². The lowest BCUT2D eigenvalue weighted by molar-refractivity contribution is -0.147. The summed E-state index contributed by atoms with van der Waals surface area (Å²) in [6.07, 6.45) is 34.3. The molecule has 0 aromatic heterocycles. The molecule has 1 unspecified atom stereocenters. The first kappa shape index (κ1) is 37.6. The second-order valence-corrected chi connectivity index (χ2v) is 10.7. The number of carbonyl (C=O) groups is 3. The Kier molecular flexibility index (Phi) is 27.9. The first-order valence-corrected chi connectivity index (χ1v) is 16.1. The number of nitrogens with one attached hydrogen (secondary N) is 1. The van der Waals surface area contributed by atoms with Gasteiger partial charge in [0.25, 0.3) is 0 Å². The number of esters is 1. The molecule has 6 nitrogen and oxygen atoms in total. The molecule has 0 bridgehead atoms. The quantitative estimate of drug-likeness (QED) is 0.0565. The largest absolute Gasteiger partial charge is 0.480 e. The Morgan fingerprint density at radius 3 is 1.93 bits per heavy atom. The summed E-state index contributed by atoms with van der Waals surface area (Å²) in [6, 6.07) is 0. The van der Waals surface area contributed by atoms with Crippen LogP contribution in [0.3, 0.4) is 0 Å². The Labute approximate surface area is 245 Å². The van der Waals surface area contributed by atoms with Crippen LogP contribution in [0, 0.1) is 0 Å². The number of amides is 1. The standard InChI is InChI=1S/C34H59NO5/c1-3-5-7-9-10-11-12-13-14-15-16-17-18-19-25-29-34(39)40-31(26-22-8-6-4-2)27-23-20-21-24-28-32(36)35-30-33(37)38/h10-11,13-14,22,26,31H,3-9,12,15-21,23-25,27-30H2,1-2H3,(H,35,36)(H,37,38)/b11-10-,14-13-,26-22-. The number of unbranched alkanes of at least 4 members (excludes halogenated alkanes) is 13. The van der Waals surface area contributed by atoms with Crippen LogP contribution in [0.2, 0.25) is 0 Å². The third-order valence-electron chi connectivity index (χ3n) is 6.77. The Morgan fingerprint density at radius 1 is 0.675 bits per heavy atom. The van der Waals surface area contributed by atoms with Gasteiger partial charge in [-0.15, -0.1) is 0 Å². The summed E-state index contributed by atoms with van der Waals surface area (Å²) in [7, 11) is 0. The highest BCUT2D eigenvalue weighted by atomic mass is 16.5. The zero-order chi connectivity index (χ0) is 29.5. The summed E-state index contributed by atoms with van der Waals surface area (Å²) in [6.45, 7) is 4.07. The van der Waals surface area contributed by atoms with Crippen molar-refractivity contribution in [2.45, 2.75) is 155 Å². The molecule has 0 fully saturated rings. The van der Waals surface area contributed by atoms with E-state index in [2.05, 4.69) is 49.5 Å². The van der Waals surface area contributed by atoms with Crippen LogP contribution in [-0.4, -0.2) is 35.6 Å². The maximum Gasteiger partial charge on any atom is 0.322 e. The molecule has 0 saturated carbocycles. The van der Waals surface area contributed by atoms with Gasteiger partial charge in [0.2, 0.25) is 5.91 Å². The van der Waals surface area contributed by atoms with Gasteiger partial charge in [0.15, 0.2) is 0 Å². The molecule has 2 N–H and O–H groups in total. The molecular weight excluding hydrogens is 502 g/mol.